The molecule has 5 rings (SSSR count). The first-order chi connectivity index (χ1) is 21.5. The number of hydrogen-bond acceptors (Lipinski definition) is 8. The van der Waals surface area contributed by atoms with E-state index >= 15 is 0 Å². The summed E-state index contributed by atoms with van der Waals surface area (Å²) in [4.78, 5) is 53.4. The molecule has 11 nitrogen and oxygen atoms in total. The number of rotatable bonds is 11. The summed E-state index contributed by atoms with van der Waals surface area (Å²) >= 11 is 0. The van der Waals surface area contributed by atoms with Crippen molar-refractivity contribution >= 4 is 29.6 Å². The van der Waals surface area contributed by atoms with Gasteiger partial charge in [0, 0.05) is 45.4 Å². The fourth-order valence-corrected chi connectivity index (χ4v) is 6.89. The third-order valence-electron chi connectivity index (χ3n) is 9.32. The van der Waals surface area contributed by atoms with Gasteiger partial charge in [-0.15, -0.1) is 0 Å². The van der Waals surface area contributed by atoms with Gasteiger partial charge in [0.25, 0.3) is 11.5 Å². The van der Waals surface area contributed by atoms with E-state index in [4.69, 9.17) is 19.0 Å². The number of ether oxygens (including phenoxy) is 3. The summed E-state index contributed by atoms with van der Waals surface area (Å²) in [5.41, 5.74) is 6.03. The minimum Gasteiger partial charge on any atom is -0.497 e. The molecule has 6 atom stereocenters. The van der Waals surface area contributed by atoms with Crippen LogP contribution in [0, 0.1) is 30.6 Å². The second-order valence-electron chi connectivity index (χ2n) is 13.3. The van der Waals surface area contributed by atoms with Crippen LogP contribution < -0.4 is 16.0 Å². The van der Waals surface area contributed by atoms with Gasteiger partial charge in [0.15, 0.2) is 0 Å². The van der Waals surface area contributed by atoms with Crippen LogP contribution in [-0.2, 0) is 48.8 Å². The predicted octanol–water partition coefficient (Wildman–Crippen LogP) is 4.49. The summed E-state index contributed by atoms with van der Waals surface area (Å²) < 4.78 is 15.7. The van der Waals surface area contributed by atoms with E-state index in [1.54, 1.807) is 19.1 Å². The maximum atomic E-state index is 12.4. The summed E-state index contributed by atoms with van der Waals surface area (Å²) in [5.74, 6) is 3.77. The number of benzene rings is 1. The molecule has 3 N–H and O–H groups in total. The molecule has 263 valence electrons. The predicted molar refractivity (Wildman–Crippen MR) is 179 cm³/mol. The number of nitrogens with one attached hydrogen (secondary N) is 1. The van der Waals surface area contributed by atoms with Crippen molar-refractivity contribution in [2.24, 2.45) is 28.9 Å². The zero-order valence-corrected chi connectivity index (χ0v) is 30.6. The minimum absolute atomic E-state index is 0. The first-order valence-electron chi connectivity index (χ1n) is 16.1. The summed E-state index contributed by atoms with van der Waals surface area (Å²) in [6, 6.07) is 5.10. The maximum Gasteiger partial charge on any atom is 0.270 e. The monoisotopic (exact) mass is 694 g/mol. The molecule has 2 aliphatic carbocycles. The maximum absolute atomic E-state index is 12.4. The molecule has 2 amide bonds. The average molecular weight is 695 g/mol. The molecular weight excluding hydrogens is 639 g/mol. The Balaban J connectivity index is 0.000000432. The number of H-pyrrole nitrogens is 1. The number of primary amides is 1. The fraction of sp³-hybridized carbons (Fsp3) is 0.657. The van der Waals surface area contributed by atoms with Crippen LogP contribution in [0.25, 0.3) is 11.0 Å². The Labute approximate surface area is 292 Å². The number of likely N-dealkylation sites (tertiary alicyclic amines) is 1. The molecule has 1 aromatic carbocycles. The van der Waals surface area contributed by atoms with Crippen molar-refractivity contribution < 1.29 is 47.1 Å². The standard InChI is InChI=1S/C20H26N2O2.C13H23NO4.CH3NO.CH3.V/c1-24-15-9-10-17-19(12-15)22-20(23)18(21-17)6-4-2-3-5-13-7-8-14-11-16(13)14;1-13(2,3)11(18-5)12(16)14-7-6-10(17-4)9(14)8-15;2-1-3;;/h9-10,12-14,16H,2-8,11H2,1H3,(H,22,23);8-11H,6-7H2,1-5H3;1H,(H2,2,3);1H3;/q;;;-1;/t;9?,10?,11-;;;/m.1.../s1. The van der Waals surface area contributed by atoms with Crippen LogP contribution in [0.3, 0.4) is 0 Å². The van der Waals surface area contributed by atoms with E-state index < -0.39 is 12.1 Å². The number of amides is 2. The normalized spacial score (nSPS) is 23.0. The van der Waals surface area contributed by atoms with E-state index in [0.29, 0.717) is 18.7 Å². The van der Waals surface area contributed by atoms with Crippen molar-refractivity contribution in [3.63, 3.8) is 0 Å². The Morgan fingerprint density at radius 1 is 1.13 bits per heavy atom. The number of methoxy groups -OCH3 is 3. The van der Waals surface area contributed by atoms with E-state index in [2.05, 4.69) is 15.7 Å². The number of hydrogen-bond donors (Lipinski definition) is 2. The Bertz CT molecular complexity index is 1330. The molecule has 0 spiro atoms. The molecule has 1 aliphatic heterocycles. The van der Waals surface area contributed by atoms with Crippen molar-refractivity contribution in [2.75, 3.05) is 27.9 Å². The summed E-state index contributed by atoms with van der Waals surface area (Å²) in [7, 11) is 4.70. The van der Waals surface area contributed by atoms with Crippen molar-refractivity contribution in [3.8, 4) is 5.75 Å². The summed E-state index contributed by atoms with van der Waals surface area (Å²) in [6.07, 6.45) is 11.1. The summed E-state index contributed by atoms with van der Waals surface area (Å²) in [5, 5.41) is 0. The van der Waals surface area contributed by atoms with Crippen LogP contribution >= 0.6 is 0 Å². The quantitative estimate of drug-likeness (QED) is 0.198. The van der Waals surface area contributed by atoms with E-state index in [1.165, 1.54) is 45.6 Å². The zero-order valence-electron chi connectivity index (χ0n) is 29.2. The van der Waals surface area contributed by atoms with Crippen LogP contribution in [0.2, 0.25) is 0 Å². The molecule has 3 fully saturated rings. The number of aromatic amines is 1. The third-order valence-corrected chi connectivity index (χ3v) is 9.32. The molecule has 3 aliphatic rings. The first kappa shape index (κ1) is 42.3. The Kier molecular flexibility index (Phi) is 17.9. The van der Waals surface area contributed by atoms with Gasteiger partial charge < -0.3 is 42.0 Å². The number of carbonyl (C=O) groups excluding carboxylic acids is 3. The Hall–Kier alpha value is -2.73. The zero-order chi connectivity index (χ0) is 33.1. The molecular formula is C35H55N4O7V-. The summed E-state index contributed by atoms with van der Waals surface area (Å²) in [6.45, 7) is 6.37. The second-order valence-corrected chi connectivity index (χ2v) is 13.3. The molecule has 2 aromatic rings. The number of aromatic nitrogens is 2. The second kappa shape index (κ2) is 19.9. The smallest absolute Gasteiger partial charge is 0.270 e. The van der Waals surface area contributed by atoms with Crippen LogP contribution in [0.1, 0.15) is 77.8 Å². The molecule has 12 heteroatoms. The van der Waals surface area contributed by atoms with Crippen molar-refractivity contribution in [1.82, 2.24) is 14.9 Å². The third kappa shape index (κ3) is 11.4. The van der Waals surface area contributed by atoms with Gasteiger partial charge in [-0.05, 0) is 73.8 Å². The topological polar surface area (TPSA) is 154 Å². The number of aryl methyl sites for hydroxylation is 1. The van der Waals surface area contributed by atoms with E-state index in [9.17, 15) is 14.4 Å². The molecule has 1 radical (unpaired) electrons. The van der Waals surface area contributed by atoms with Gasteiger partial charge in [0.1, 0.15) is 29.9 Å². The number of nitrogens with two attached hydrogens (primary N) is 1. The minimum atomic E-state index is -0.546. The number of unbranched alkanes of at least 4 members (excludes halogenated alkanes) is 2. The van der Waals surface area contributed by atoms with Crippen molar-refractivity contribution in [2.45, 2.75) is 96.8 Å². The van der Waals surface area contributed by atoms with Gasteiger partial charge in [-0.2, -0.15) is 0 Å². The molecule has 0 bridgehead atoms. The molecule has 1 aromatic heterocycles. The number of nitrogens with zero attached hydrogens (tertiary/aromatic N) is 2. The van der Waals surface area contributed by atoms with Gasteiger partial charge in [-0.1, -0.05) is 40.0 Å². The number of carbonyl (C=O) groups is 3. The van der Waals surface area contributed by atoms with E-state index in [-0.39, 0.29) is 55.4 Å². The van der Waals surface area contributed by atoms with Crippen LogP contribution in [0.5, 0.6) is 5.75 Å². The van der Waals surface area contributed by atoms with E-state index in [0.717, 1.165) is 53.7 Å². The van der Waals surface area contributed by atoms with Crippen LogP contribution in [0.15, 0.2) is 23.0 Å². The molecule has 5 unspecified atom stereocenters. The van der Waals surface area contributed by atoms with Crippen LogP contribution in [-0.4, -0.2) is 79.6 Å². The first-order valence-corrected chi connectivity index (χ1v) is 16.1. The van der Waals surface area contributed by atoms with Gasteiger partial charge in [-0.25, -0.2) is 4.98 Å². The van der Waals surface area contributed by atoms with E-state index in [1.807, 2.05) is 39.0 Å². The van der Waals surface area contributed by atoms with Gasteiger partial charge in [-0.3, -0.25) is 14.4 Å². The van der Waals surface area contributed by atoms with Crippen LogP contribution in [0.4, 0.5) is 0 Å². The van der Waals surface area contributed by atoms with Crippen molar-refractivity contribution in [3.05, 3.63) is 41.7 Å². The van der Waals surface area contributed by atoms with Crippen molar-refractivity contribution in [1.29, 1.82) is 0 Å². The Morgan fingerprint density at radius 2 is 1.83 bits per heavy atom. The Morgan fingerprint density at radius 3 is 2.36 bits per heavy atom. The van der Waals surface area contributed by atoms with Gasteiger partial charge in [0.05, 0.1) is 24.2 Å². The largest absolute Gasteiger partial charge is 0.497 e. The number of fused-ring (bicyclic) bond motifs is 2. The van der Waals surface area contributed by atoms with Gasteiger partial charge in [0.2, 0.25) is 6.41 Å². The molecule has 2 heterocycles. The fourth-order valence-electron chi connectivity index (χ4n) is 6.89. The average Bonchev–Trinajstić information content (AvgIpc) is 3.48. The SMILES string of the molecule is COC1CCN(C(=O)[C@@H](OC)C(C)(C)C)C1C=O.COc1ccc2nc(CCCCCC3CCC4CC34)c(=O)[nH]c2c1.NC=O.[CH3-].[V]. The molecule has 2 saturated carbocycles. The molecule has 47 heavy (non-hydrogen) atoms. The number of aldehydes is 1. The van der Waals surface area contributed by atoms with Gasteiger partial charge >= 0.3 is 0 Å². The molecule has 1 saturated heterocycles.